The van der Waals surface area contributed by atoms with Crippen molar-refractivity contribution in [2.45, 2.75) is 49.6 Å². The second kappa shape index (κ2) is 7.30. The average Bonchev–Trinajstić information content (AvgIpc) is 2.66. The molecule has 0 radical (unpaired) electrons. The molecular weight excluding hydrogens is 450 g/mol. The minimum atomic E-state index is -0.517. The standard InChI is InChI=1S/C21H22BrN5O3/c22-16-6-15(1-2-24-16)18(28)26-20-7-13-5-14(8-20)10-21(9-13,12-20)27-19(29)30-17-11-23-3-4-25-17/h1-4,6,11,13-14H,5,7-10,12H2,(H,26,28)(H,27,29). The second-order valence-corrected chi connectivity index (χ2v) is 9.71. The maximum absolute atomic E-state index is 13.0. The van der Waals surface area contributed by atoms with Crippen LogP contribution in [0.1, 0.15) is 48.9 Å². The Morgan fingerprint density at radius 1 is 1.03 bits per heavy atom. The number of hydrogen-bond donors (Lipinski definition) is 2. The van der Waals surface area contributed by atoms with E-state index in [4.69, 9.17) is 4.74 Å². The number of nitrogens with zero attached hydrogens (tertiary/aromatic N) is 3. The highest BCUT2D eigenvalue weighted by Crippen LogP contribution is 2.57. The monoisotopic (exact) mass is 471 g/mol. The molecule has 4 aliphatic rings. The number of halogens is 1. The van der Waals surface area contributed by atoms with E-state index in [9.17, 15) is 9.59 Å². The fraction of sp³-hybridized carbons (Fsp3) is 0.476. The molecule has 4 fully saturated rings. The molecule has 2 aromatic rings. The highest BCUT2D eigenvalue weighted by molar-refractivity contribution is 9.10. The second-order valence-electron chi connectivity index (χ2n) is 8.90. The Labute approximate surface area is 182 Å². The molecule has 4 aliphatic carbocycles. The van der Waals surface area contributed by atoms with E-state index in [-0.39, 0.29) is 22.9 Å². The van der Waals surface area contributed by atoms with Crippen LogP contribution in [0.15, 0.2) is 41.5 Å². The van der Waals surface area contributed by atoms with Gasteiger partial charge in [-0.3, -0.25) is 9.78 Å². The number of carbonyl (C=O) groups excluding carboxylic acids is 2. The molecule has 156 valence electrons. The van der Waals surface area contributed by atoms with Gasteiger partial charge < -0.3 is 15.4 Å². The molecule has 8 nitrogen and oxygen atoms in total. The molecule has 0 aromatic carbocycles. The van der Waals surface area contributed by atoms with E-state index >= 15 is 0 Å². The lowest BCUT2D eigenvalue weighted by Gasteiger charge is -2.62. The van der Waals surface area contributed by atoms with Crippen molar-refractivity contribution in [2.24, 2.45) is 11.8 Å². The van der Waals surface area contributed by atoms with Crippen LogP contribution in [0.3, 0.4) is 0 Å². The minimum absolute atomic E-state index is 0.0997. The Morgan fingerprint density at radius 3 is 2.43 bits per heavy atom. The lowest BCUT2D eigenvalue weighted by molar-refractivity contribution is -0.0449. The third-order valence-electron chi connectivity index (χ3n) is 6.53. The topological polar surface area (TPSA) is 106 Å². The third kappa shape index (κ3) is 3.78. The lowest BCUT2D eigenvalue weighted by atomic mass is 9.50. The first-order chi connectivity index (χ1) is 14.4. The van der Waals surface area contributed by atoms with Crippen LogP contribution in [-0.2, 0) is 0 Å². The number of ether oxygens (including phenoxy) is 1. The van der Waals surface area contributed by atoms with Crippen molar-refractivity contribution in [2.75, 3.05) is 0 Å². The first-order valence-corrected chi connectivity index (χ1v) is 10.9. The first kappa shape index (κ1) is 19.4. The zero-order valence-electron chi connectivity index (χ0n) is 16.3. The Kier molecular flexibility index (Phi) is 4.72. The van der Waals surface area contributed by atoms with E-state index in [1.54, 1.807) is 18.3 Å². The van der Waals surface area contributed by atoms with Gasteiger partial charge in [-0.25, -0.2) is 14.8 Å². The van der Waals surface area contributed by atoms with E-state index in [1.165, 1.54) is 18.6 Å². The molecule has 6 rings (SSSR count). The smallest absolute Gasteiger partial charge is 0.390 e. The molecule has 0 spiro atoms. The number of pyridine rings is 1. The summed E-state index contributed by atoms with van der Waals surface area (Å²) in [5.41, 5.74) is -0.0941. The van der Waals surface area contributed by atoms with E-state index < -0.39 is 6.09 Å². The van der Waals surface area contributed by atoms with Crippen LogP contribution in [0.2, 0.25) is 0 Å². The van der Waals surface area contributed by atoms with Crippen LogP contribution in [0.4, 0.5) is 4.79 Å². The quantitative estimate of drug-likeness (QED) is 0.662. The normalized spacial score (nSPS) is 31.2. The van der Waals surface area contributed by atoms with E-state index in [0.717, 1.165) is 32.1 Å². The molecule has 0 aliphatic heterocycles. The number of amides is 2. The Bertz CT molecular complexity index is 972. The maximum Gasteiger partial charge on any atom is 0.414 e. The third-order valence-corrected chi connectivity index (χ3v) is 6.97. The van der Waals surface area contributed by atoms with Crippen LogP contribution in [0.5, 0.6) is 5.88 Å². The van der Waals surface area contributed by atoms with Crippen LogP contribution >= 0.6 is 15.9 Å². The van der Waals surface area contributed by atoms with Gasteiger partial charge in [-0.1, -0.05) is 0 Å². The molecule has 2 amide bonds. The zero-order valence-corrected chi connectivity index (χ0v) is 17.9. The highest BCUT2D eigenvalue weighted by Gasteiger charge is 2.59. The maximum atomic E-state index is 13.0. The predicted molar refractivity (Wildman–Crippen MR) is 111 cm³/mol. The molecule has 2 atom stereocenters. The van der Waals surface area contributed by atoms with Crippen LogP contribution in [-0.4, -0.2) is 38.0 Å². The summed E-state index contributed by atoms with van der Waals surface area (Å²) in [5, 5.41) is 6.44. The van der Waals surface area contributed by atoms with Crippen molar-refractivity contribution in [3.8, 4) is 5.88 Å². The molecule has 2 aromatic heterocycles. The average molecular weight is 472 g/mol. The Morgan fingerprint density at radius 2 is 1.77 bits per heavy atom. The Balaban J connectivity index is 1.33. The summed E-state index contributed by atoms with van der Waals surface area (Å²) in [6.07, 6.45) is 11.1. The fourth-order valence-corrected chi connectivity index (χ4v) is 6.45. The van der Waals surface area contributed by atoms with Gasteiger partial charge in [0.2, 0.25) is 5.88 Å². The number of hydrogen-bond acceptors (Lipinski definition) is 6. The first-order valence-electron chi connectivity index (χ1n) is 10.1. The molecule has 30 heavy (non-hydrogen) atoms. The number of carbonyl (C=O) groups is 2. The molecule has 2 unspecified atom stereocenters. The van der Waals surface area contributed by atoms with Gasteiger partial charge >= 0.3 is 6.09 Å². The molecule has 4 bridgehead atoms. The van der Waals surface area contributed by atoms with E-state index in [1.807, 2.05) is 0 Å². The molecule has 0 saturated heterocycles. The van der Waals surface area contributed by atoms with Gasteiger partial charge in [0, 0.05) is 35.2 Å². The van der Waals surface area contributed by atoms with Crippen LogP contribution in [0.25, 0.3) is 0 Å². The minimum Gasteiger partial charge on any atom is -0.390 e. The van der Waals surface area contributed by atoms with Gasteiger partial charge in [0.05, 0.1) is 6.20 Å². The number of aromatic nitrogens is 3. The molecular formula is C21H22BrN5O3. The van der Waals surface area contributed by atoms with E-state index in [0.29, 0.717) is 28.4 Å². The number of nitrogens with one attached hydrogen (secondary N) is 2. The summed E-state index contributed by atoms with van der Waals surface area (Å²) in [6, 6.07) is 3.44. The van der Waals surface area contributed by atoms with Gasteiger partial charge in [-0.15, -0.1) is 0 Å². The highest BCUT2D eigenvalue weighted by atomic mass is 79.9. The van der Waals surface area contributed by atoms with Crippen molar-refractivity contribution >= 4 is 27.9 Å². The summed E-state index contributed by atoms with van der Waals surface area (Å²) in [6.45, 7) is 0. The lowest BCUT2D eigenvalue weighted by Crippen LogP contribution is -2.70. The van der Waals surface area contributed by atoms with Gasteiger partial charge in [0.25, 0.3) is 5.91 Å². The van der Waals surface area contributed by atoms with Gasteiger partial charge in [-0.05, 0) is 78.4 Å². The van der Waals surface area contributed by atoms with Gasteiger partial charge in [-0.2, -0.15) is 0 Å². The molecule has 2 heterocycles. The van der Waals surface area contributed by atoms with Crippen molar-refractivity contribution < 1.29 is 14.3 Å². The summed E-state index contributed by atoms with van der Waals surface area (Å²) >= 11 is 3.32. The van der Waals surface area contributed by atoms with Crippen LogP contribution < -0.4 is 15.4 Å². The van der Waals surface area contributed by atoms with Crippen molar-refractivity contribution in [1.29, 1.82) is 0 Å². The van der Waals surface area contributed by atoms with Crippen molar-refractivity contribution in [3.63, 3.8) is 0 Å². The summed E-state index contributed by atoms with van der Waals surface area (Å²) in [4.78, 5) is 37.6. The van der Waals surface area contributed by atoms with Gasteiger partial charge in [0.15, 0.2) is 0 Å². The molecule has 2 N–H and O–H groups in total. The van der Waals surface area contributed by atoms with Gasteiger partial charge in [0.1, 0.15) is 4.60 Å². The molecule has 4 saturated carbocycles. The fourth-order valence-electron chi connectivity index (χ4n) is 6.09. The van der Waals surface area contributed by atoms with Crippen molar-refractivity contribution in [1.82, 2.24) is 25.6 Å². The summed E-state index contributed by atoms with van der Waals surface area (Å²) in [7, 11) is 0. The molecule has 9 heteroatoms. The summed E-state index contributed by atoms with van der Waals surface area (Å²) < 4.78 is 5.96. The largest absolute Gasteiger partial charge is 0.414 e. The van der Waals surface area contributed by atoms with Crippen LogP contribution in [0, 0.1) is 11.8 Å². The SMILES string of the molecule is O=C(NC12CC3CC(C1)CC(NC(=O)c1ccnc(Br)c1)(C3)C2)Oc1cnccn1. The zero-order chi connectivity index (χ0) is 20.8. The van der Waals surface area contributed by atoms with Crippen molar-refractivity contribution in [3.05, 3.63) is 47.1 Å². The van der Waals surface area contributed by atoms with E-state index in [2.05, 4.69) is 41.5 Å². The predicted octanol–water partition coefficient (Wildman–Crippen LogP) is 3.24. The number of rotatable bonds is 4. The summed E-state index contributed by atoms with van der Waals surface area (Å²) in [5.74, 6) is 1.03. The Hall–Kier alpha value is -2.55.